The Bertz CT molecular complexity index is 1040. The lowest BCUT2D eigenvalue weighted by Crippen LogP contribution is -2.12. The normalized spacial score (nSPS) is 10.6. The molecule has 0 bridgehead atoms. The van der Waals surface area contributed by atoms with E-state index in [1.54, 1.807) is 36.4 Å². The first-order valence-electron chi connectivity index (χ1n) is 7.72. The maximum atomic E-state index is 12.7. The minimum absolute atomic E-state index is 0.218. The van der Waals surface area contributed by atoms with Gasteiger partial charge in [-0.3, -0.25) is 14.2 Å². The number of hydrogen-bond donors (Lipinski definition) is 1. The number of halogens is 1. The number of ether oxygens (including phenoxy) is 1. The fraction of sp³-hybridized carbons (Fsp3) is 0.105. The average molecular weight is 371 g/mol. The molecule has 0 aliphatic heterocycles. The quantitative estimate of drug-likeness (QED) is 0.707. The Labute approximate surface area is 154 Å². The van der Waals surface area contributed by atoms with Crippen molar-refractivity contribution in [3.63, 3.8) is 0 Å². The molecule has 1 N–H and O–H groups in total. The SMILES string of the molecule is COC(=O)c1cccc(NC(=O)c2cn(C(C)=O)c3ccc(Cl)cc23)c1. The second-order valence-corrected chi connectivity index (χ2v) is 6.06. The van der Waals surface area contributed by atoms with E-state index in [1.165, 1.54) is 30.9 Å². The van der Waals surface area contributed by atoms with Crippen molar-refractivity contribution in [1.82, 2.24) is 4.57 Å². The zero-order chi connectivity index (χ0) is 18.8. The predicted octanol–water partition coefficient (Wildman–Crippen LogP) is 3.99. The smallest absolute Gasteiger partial charge is 0.337 e. The van der Waals surface area contributed by atoms with Gasteiger partial charge in [0.25, 0.3) is 5.91 Å². The van der Waals surface area contributed by atoms with Crippen molar-refractivity contribution in [2.75, 3.05) is 12.4 Å². The van der Waals surface area contributed by atoms with Gasteiger partial charge in [0.15, 0.2) is 0 Å². The number of aromatic nitrogens is 1. The summed E-state index contributed by atoms with van der Waals surface area (Å²) in [5.41, 5.74) is 1.65. The number of methoxy groups -OCH3 is 1. The van der Waals surface area contributed by atoms with Crippen molar-refractivity contribution in [2.45, 2.75) is 6.92 Å². The Hall–Kier alpha value is -3.12. The van der Waals surface area contributed by atoms with E-state index < -0.39 is 11.9 Å². The molecule has 26 heavy (non-hydrogen) atoms. The Morgan fingerprint density at radius 3 is 2.58 bits per heavy atom. The number of nitrogens with one attached hydrogen (secondary N) is 1. The molecule has 3 rings (SSSR count). The molecule has 1 amide bonds. The molecule has 0 unspecified atom stereocenters. The van der Waals surface area contributed by atoms with Crippen LogP contribution < -0.4 is 5.32 Å². The largest absolute Gasteiger partial charge is 0.465 e. The summed E-state index contributed by atoms with van der Waals surface area (Å²) >= 11 is 6.04. The highest BCUT2D eigenvalue weighted by Crippen LogP contribution is 2.26. The summed E-state index contributed by atoms with van der Waals surface area (Å²) in [6, 6.07) is 11.4. The fourth-order valence-corrected chi connectivity index (χ4v) is 2.86. The third-order valence-corrected chi connectivity index (χ3v) is 4.13. The summed E-state index contributed by atoms with van der Waals surface area (Å²) in [6.45, 7) is 1.41. The summed E-state index contributed by atoms with van der Waals surface area (Å²) in [6.07, 6.45) is 1.48. The van der Waals surface area contributed by atoms with Crippen LogP contribution in [0.2, 0.25) is 5.02 Å². The van der Waals surface area contributed by atoms with Gasteiger partial charge in [-0.15, -0.1) is 0 Å². The number of esters is 1. The second-order valence-electron chi connectivity index (χ2n) is 5.62. The van der Waals surface area contributed by atoms with Crippen LogP contribution in [0.1, 0.15) is 32.4 Å². The topological polar surface area (TPSA) is 77.4 Å². The van der Waals surface area contributed by atoms with Gasteiger partial charge in [0, 0.05) is 29.2 Å². The molecule has 0 saturated heterocycles. The van der Waals surface area contributed by atoms with Gasteiger partial charge in [0.2, 0.25) is 5.91 Å². The first-order chi connectivity index (χ1) is 12.4. The molecule has 7 heteroatoms. The Kier molecular flexibility index (Phi) is 4.77. The summed E-state index contributed by atoms with van der Waals surface area (Å²) in [4.78, 5) is 36.2. The van der Waals surface area contributed by atoms with Gasteiger partial charge in [-0.2, -0.15) is 0 Å². The molecule has 6 nitrogen and oxygen atoms in total. The van der Waals surface area contributed by atoms with Crippen LogP contribution in [0, 0.1) is 0 Å². The molecule has 0 aliphatic carbocycles. The first-order valence-corrected chi connectivity index (χ1v) is 8.10. The number of carbonyl (C=O) groups excluding carboxylic acids is 3. The minimum Gasteiger partial charge on any atom is -0.465 e. The van der Waals surface area contributed by atoms with Crippen LogP contribution in [-0.2, 0) is 4.74 Å². The highest BCUT2D eigenvalue weighted by molar-refractivity contribution is 6.31. The van der Waals surface area contributed by atoms with E-state index in [0.717, 1.165) is 0 Å². The molecule has 2 aromatic carbocycles. The lowest BCUT2D eigenvalue weighted by atomic mass is 10.1. The van der Waals surface area contributed by atoms with Crippen molar-refractivity contribution in [3.05, 3.63) is 64.8 Å². The Morgan fingerprint density at radius 1 is 1.12 bits per heavy atom. The summed E-state index contributed by atoms with van der Waals surface area (Å²) in [7, 11) is 1.29. The van der Waals surface area contributed by atoms with E-state index in [-0.39, 0.29) is 5.91 Å². The fourth-order valence-electron chi connectivity index (χ4n) is 2.68. The van der Waals surface area contributed by atoms with Gasteiger partial charge in [-0.1, -0.05) is 17.7 Å². The van der Waals surface area contributed by atoms with Gasteiger partial charge in [-0.05, 0) is 36.4 Å². The summed E-state index contributed by atoms with van der Waals surface area (Å²) < 4.78 is 6.07. The zero-order valence-electron chi connectivity index (χ0n) is 14.1. The molecule has 0 radical (unpaired) electrons. The lowest BCUT2D eigenvalue weighted by Gasteiger charge is -2.06. The first kappa shape index (κ1) is 17.7. The van der Waals surface area contributed by atoms with Crippen LogP contribution >= 0.6 is 11.6 Å². The number of nitrogens with zero attached hydrogens (tertiary/aromatic N) is 1. The van der Waals surface area contributed by atoms with Crippen LogP contribution in [0.15, 0.2) is 48.7 Å². The van der Waals surface area contributed by atoms with Crippen molar-refractivity contribution in [1.29, 1.82) is 0 Å². The summed E-state index contributed by atoms with van der Waals surface area (Å²) in [5, 5.41) is 3.75. The molecule has 0 spiro atoms. The predicted molar refractivity (Wildman–Crippen MR) is 99.0 cm³/mol. The van der Waals surface area contributed by atoms with E-state index >= 15 is 0 Å². The van der Waals surface area contributed by atoms with Crippen LogP contribution in [-0.4, -0.2) is 29.5 Å². The maximum Gasteiger partial charge on any atom is 0.337 e. The van der Waals surface area contributed by atoms with E-state index in [0.29, 0.717) is 32.7 Å². The molecule has 3 aromatic rings. The molecule has 0 aliphatic rings. The Balaban J connectivity index is 1.99. The maximum absolute atomic E-state index is 12.7. The van der Waals surface area contributed by atoms with E-state index in [4.69, 9.17) is 11.6 Å². The van der Waals surface area contributed by atoms with Crippen LogP contribution in [0.5, 0.6) is 0 Å². The highest BCUT2D eigenvalue weighted by Gasteiger charge is 2.18. The van der Waals surface area contributed by atoms with Crippen LogP contribution in [0.25, 0.3) is 10.9 Å². The molecule has 132 valence electrons. The van der Waals surface area contributed by atoms with Gasteiger partial charge in [-0.25, -0.2) is 4.79 Å². The number of benzene rings is 2. The average Bonchev–Trinajstić information content (AvgIpc) is 3.00. The Morgan fingerprint density at radius 2 is 1.88 bits per heavy atom. The van der Waals surface area contributed by atoms with E-state index in [9.17, 15) is 14.4 Å². The van der Waals surface area contributed by atoms with Gasteiger partial charge in [0.1, 0.15) is 0 Å². The standard InChI is InChI=1S/C19H15ClN2O4/c1-11(23)22-10-16(15-9-13(20)6-7-17(15)22)18(24)21-14-5-3-4-12(8-14)19(25)26-2/h3-10H,1-2H3,(H,21,24). The third kappa shape index (κ3) is 3.32. The van der Waals surface area contributed by atoms with Crippen LogP contribution in [0.3, 0.4) is 0 Å². The number of carbonyl (C=O) groups is 3. The molecule has 0 fully saturated rings. The number of fused-ring (bicyclic) bond motifs is 1. The zero-order valence-corrected chi connectivity index (χ0v) is 14.8. The molecular formula is C19H15ClN2O4. The lowest BCUT2D eigenvalue weighted by molar-refractivity contribution is 0.0600. The molecule has 0 atom stereocenters. The van der Waals surface area contributed by atoms with Crippen LogP contribution in [0.4, 0.5) is 5.69 Å². The van der Waals surface area contributed by atoms with Crippen molar-refractivity contribution in [2.24, 2.45) is 0 Å². The number of rotatable bonds is 3. The highest BCUT2D eigenvalue weighted by atomic mass is 35.5. The molecule has 1 aromatic heterocycles. The van der Waals surface area contributed by atoms with E-state index in [2.05, 4.69) is 10.1 Å². The van der Waals surface area contributed by atoms with Gasteiger partial charge >= 0.3 is 5.97 Å². The molecule has 0 saturated carbocycles. The van der Waals surface area contributed by atoms with Gasteiger partial charge < -0.3 is 10.1 Å². The monoisotopic (exact) mass is 370 g/mol. The van der Waals surface area contributed by atoms with E-state index in [1.807, 2.05) is 0 Å². The summed E-state index contributed by atoms with van der Waals surface area (Å²) in [5.74, 6) is -1.13. The van der Waals surface area contributed by atoms with Gasteiger partial charge in [0.05, 0.1) is 23.8 Å². The third-order valence-electron chi connectivity index (χ3n) is 3.89. The number of anilines is 1. The van der Waals surface area contributed by atoms with Crippen molar-refractivity contribution >= 4 is 46.0 Å². The van der Waals surface area contributed by atoms with Crippen molar-refractivity contribution in [3.8, 4) is 0 Å². The number of amides is 1. The minimum atomic E-state index is -0.499. The molecule has 1 heterocycles. The number of hydrogen-bond acceptors (Lipinski definition) is 4. The second kappa shape index (κ2) is 7.01. The van der Waals surface area contributed by atoms with Crippen molar-refractivity contribution < 1.29 is 19.1 Å². The molecular weight excluding hydrogens is 356 g/mol.